The lowest BCUT2D eigenvalue weighted by molar-refractivity contribution is -0.130. The first-order valence-corrected chi connectivity index (χ1v) is 12.6. The maximum absolute atomic E-state index is 13.9. The highest BCUT2D eigenvalue weighted by Crippen LogP contribution is 2.28. The largest absolute Gasteiger partial charge is 0.341 e. The predicted molar refractivity (Wildman–Crippen MR) is 129 cm³/mol. The van der Waals surface area contributed by atoms with Crippen LogP contribution in [0.1, 0.15) is 30.4 Å². The number of aromatic nitrogens is 2. The van der Waals surface area contributed by atoms with Gasteiger partial charge < -0.3 is 4.90 Å². The number of piperidine rings is 1. The Morgan fingerprint density at radius 3 is 2.24 bits per heavy atom. The number of rotatable bonds is 5. The van der Waals surface area contributed by atoms with E-state index in [2.05, 4.69) is 0 Å². The molecule has 1 aliphatic heterocycles. The zero-order chi connectivity index (χ0) is 23.9. The van der Waals surface area contributed by atoms with Crippen molar-refractivity contribution < 1.29 is 13.2 Å². The van der Waals surface area contributed by atoms with E-state index in [1.54, 1.807) is 37.2 Å². The van der Waals surface area contributed by atoms with E-state index in [1.165, 1.54) is 25.6 Å². The number of fused-ring (bicyclic) bond motifs is 1. The first-order valence-electron chi connectivity index (χ1n) is 11.1. The SMILES string of the molecule is Cc1ccc(N(CC(=O)N2CCCCC2)S(=O)(=O)c2ccc3c(c2)n(C)c(=O)n3C)cc1C. The fourth-order valence-corrected chi connectivity index (χ4v) is 5.76. The van der Waals surface area contributed by atoms with Crippen LogP contribution in [0.2, 0.25) is 0 Å². The van der Waals surface area contributed by atoms with Gasteiger partial charge in [-0.05, 0) is 74.6 Å². The highest BCUT2D eigenvalue weighted by Gasteiger charge is 2.30. The molecule has 0 N–H and O–H groups in total. The fraction of sp³-hybridized carbons (Fsp3) is 0.417. The number of carbonyl (C=O) groups excluding carboxylic acids is 1. The van der Waals surface area contributed by atoms with Gasteiger partial charge in [0.25, 0.3) is 10.0 Å². The zero-order valence-corrected chi connectivity index (χ0v) is 20.4. The molecule has 1 aromatic heterocycles. The maximum Gasteiger partial charge on any atom is 0.328 e. The van der Waals surface area contributed by atoms with Crippen LogP contribution < -0.4 is 9.99 Å². The van der Waals surface area contributed by atoms with Gasteiger partial charge in [-0.25, -0.2) is 13.2 Å². The molecule has 8 nitrogen and oxygen atoms in total. The summed E-state index contributed by atoms with van der Waals surface area (Å²) in [4.78, 5) is 27.2. The van der Waals surface area contributed by atoms with Crippen LogP contribution in [-0.4, -0.2) is 48.0 Å². The summed E-state index contributed by atoms with van der Waals surface area (Å²) >= 11 is 0. The van der Waals surface area contributed by atoms with Crippen molar-refractivity contribution in [3.05, 3.63) is 58.0 Å². The van der Waals surface area contributed by atoms with Crippen molar-refractivity contribution in [2.24, 2.45) is 14.1 Å². The number of hydrogen-bond donors (Lipinski definition) is 0. The van der Waals surface area contributed by atoms with E-state index in [0.717, 1.165) is 30.4 Å². The van der Waals surface area contributed by atoms with Crippen molar-refractivity contribution in [2.75, 3.05) is 23.9 Å². The second-order valence-electron chi connectivity index (χ2n) is 8.77. The number of hydrogen-bond acceptors (Lipinski definition) is 4. The number of imidazole rings is 1. The molecule has 1 amide bonds. The molecule has 176 valence electrons. The van der Waals surface area contributed by atoms with Gasteiger partial charge in [-0.2, -0.15) is 0 Å². The first kappa shape index (κ1) is 23.1. The Kier molecular flexibility index (Phi) is 6.09. The molecule has 2 heterocycles. The third-order valence-electron chi connectivity index (χ3n) is 6.60. The Bertz CT molecular complexity index is 1380. The molecule has 0 aliphatic carbocycles. The van der Waals surface area contributed by atoms with Crippen LogP contribution >= 0.6 is 0 Å². The van der Waals surface area contributed by atoms with Crippen LogP contribution in [0.15, 0.2) is 46.1 Å². The van der Waals surface area contributed by atoms with Gasteiger partial charge in [0.15, 0.2) is 0 Å². The van der Waals surface area contributed by atoms with E-state index < -0.39 is 10.0 Å². The van der Waals surface area contributed by atoms with Gasteiger partial charge in [0.05, 0.1) is 21.6 Å². The Balaban J connectivity index is 1.80. The Hall–Kier alpha value is -3.07. The summed E-state index contributed by atoms with van der Waals surface area (Å²) in [6, 6.07) is 10.0. The van der Waals surface area contributed by atoms with E-state index in [-0.39, 0.29) is 23.0 Å². The normalized spacial score (nSPS) is 14.6. The third kappa shape index (κ3) is 4.17. The molecule has 1 saturated heterocycles. The molecule has 1 fully saturated rings. The molecule has 9 heteroatoms. The summed E-state index contributed by atoms with van der Waals surface area (Å²) in [5, 5.41) is 0. The molecule has 1 aliphatic rings. The third-order valence-corrected chi connectivity index (χ3v) is 8.37. The van der Waals surface area contributed by atoms with Gasteiger partial charge in [-0.15, -0.1) is 0 Å². The molecule has 0 unspecified atom stereocenters. The van der Waals surface area contributed by atoms with Gasteiger partial charge in [0.2, 0.25) is 5.91 Å². The summed E-state index contributed by atoms with van der Waals surface area (Å²) < 4.78 is 31.8. The van der Waals surface area contributed by atoms with Gasteiger partial charge in [-0.1, -0.05) is 6.07 Å². The van der Waals surface area contributed by atoms with Gasteiger partial charge in [-0.3, -0.25) is 18.2 Å². The van der Waals surface area contributed by atoms with Crippen molar-refractivity contribution in [1.82, 2.24) is 14.0 Å². The molecule has 0 spiro atoms. The lowest BCUT2D eigenvalue weighted by Gasteiger charge is -2.31. The molecule has 33 heavy (non-hydrogen) atoms. The number of carbonyl (C=O) groups is 1. The van der Waals surface area contributed by atoms with E-state index in [9.17, 15) is 18.0 Å². The van der Waals surface area contributed by atoms with Crippen LogP contribution in [-0.2, 0) is 28.9 Å². The number of nitrogens with zero attached hydrogens (tertiary/aromatic N) is 4. The Morgan fingerprint density at radius 2 is 1.58 bits per heavy atom. The molecule has 0 radical (unpaired) electrons. The van der Waals surface area contributed by atoms with Crippen molar-refractivity contribution >= 4 is 32.7 Å². The second kappa shape index (κ2) is 8.70. The quantitative estimate of drug-likeness (QED) is 0.574. The molecule has 0 bridgehead atoms. The van der Waals surface area contributed by atoms with Crippen molar-refractivity contribution in [3.63, 3.8) is 0 Å². The zero-order valence-electron chi connectivity index (χ0n) is 19.5. The molecular weight excluding hydrogens is 440 g/mol. The minimum Gasteiger partial charge on any atom is -0.341 e. The average Bonchev–Trinajstić information content (AvgIpc) is 3.03. The van der Waals surface area contributed by atoms with E-state index in [4.69, 9.17) is 0 Å². The van der Waals surface area contributed by atoms with Crippen molar-refractivity contribution in [1.29, 1.82) is 0 Å². The minimum atomic E-state index is -4.07. The lowest BCUT2D eigenvalue weighted by Crippen LogP contribution is -2.44. The van der Waals surface area contributed by atoms with Crippen molar-refractivity contribution in [2.45, 2.75) is 38.0 Å². The average molecular weight is 471 g/mol. The topological polar surface area (TPSA) is 84.6 Å². The molecule has 4 rings (SSSR count). The molecule has 0 saturated carbocycles. The fourth-order valence-electron chi connectivity index (χ4n) is 4.34. The lowest BCUT2D eigenvalue weighted by atomic mass is 10.1. The van der Waals surface area contributed by atoms with Crippen molar-refractivity contribution in [3.8, 4) is 0 Å². The number of amides is 1. The summed E-state index contributed by atoms with van der Waals surface area (Å²) in [5.74, 6) is -0.204. The molecule has 2 aromatic carbocycles. The summed E-state index contributed by atoms with van der Waals surface area (Å²) in [7, 11) is -0.805. The van der Waals surface area contributed by atoms with E-state index in [1.807, 2.05) is 19.9 Å². The Labute approximate surface area is 194 Å². The van der Waals surface area contributed by atoms with E-state index >= 15 is 0 Å². The highest BCUT2D eigenvalue weighted by molar-refractivity contribution is 7.92. The Morgan fingerprint density at radius 1 is 0.909 bits per heavy atom. The molecule has 0 atom stereocenters. The number of sulfonamides is 1. The number of aryl methyl sites for hydroxylation is 4. The van der Waals surface area contributed by atoms with E-state index in [0.29, 0.717) is 29.8 Å². The minimum absolute atomic E-state index is 0.0425. The monoisotopic (exact) mass is 470 g/mol. The number of anilines is 1. The summed E-state index contributed by atoms with van der Waals surface area (Å²) in [6.07, 6.45) is 2.94. The van der Waals surface area contributed by atoms with Gasteiger partial charge in [0, 0.05) is 27.2 Å². The van der Waals surface area contributed by atoms with Gasteiger partial charge in [0.1, 0.15) is 6.54 Å². The first-order chi connectivity index (χ1) is 15.6. The van der Waals surface area contributed by atoms with Crippen LogP contribution in [0.4, 0.5) is 5.69 Å². The van der Waals surface area contributed by atoms with Crippen LogP contribution in [0.3, 0.4) is 0 Å². The molecular formula is C24H30N4O4S. The summed E-state index contributed by atoms with van der Waals surface area (Å²) in [6.45, 7) is 4.91. The van der Waals surface area contributed by atoms with Crippen LogP contribution in [0.5, 0.6) is 0 Å². The summed E-state index contributed by atoms with van der Waals surface area (Å²) in [5.41, 5.74) is 3.36. The molecule has 3 aromatic rings. The highest BCUT2D eigenvalue weighted by atomic mass is 32.2. The van der Waals surface area contributed by atoms with Crippen LogP contribution in [0.25, 0.3) is 11.0 Å². The standard InChI is InChI=1S/C24H30N4O4S/c1-17-8-9-19(14-18(17)2)28(16-23(29)27-12-6-5-7-13-27)33(31,32)20-10-11-21-22(15-20)26(4)24(30)25(21)3/h8-11,14-15H,5-7,12-13,16H2,1-4H3. The predicted octanol–water partition coefficient (Wildman–Crippen LogP) is 2.70. The van der Waals surface area contributed by atoms with Gasteiger partial charge >= 0.3 is 5.69 Å². The van der Waals surface area contributed by atoms with Crippen LogP contribution in [0, 0.1) is 13.8 Å². The number of benzene rings is 2. The number of likely N-dealkylation sites (tertiary alicyclic amines) is 1. The smallest absolute Gasteiger partial charge is 0.328 e. The second-order valence-corrected chi connectivity index (χ2v) is 10.6. The maximum atomic E-state index is 13.9.